The van der Waals surface area contributed by atoms with E-state index in [1.54, 1.807) is 48.5 Å². The largest absolute Gasteiger partial charge is 0.325 e. The van der Waals surface area contributed by atoms with Crippen LogP contribution < -0.4 is 31.7 Å². The number of sulfone groups is 1. The summed E-state index contributed by atoms with van der Waals surface area (Å²) in [6, 6.07) is 13.6. The highest BCUT2D eigenvalue weighted by Crippen LogP contribution is 2.35. The van der Waals surface area contributed by atoms with E-state index in [9.17, 15) is 45.6 Å². The van der Waals surface area contributed by atoms with Gasteiger partial charge in [-0.05, 0) is 56.2 Å². The maximum Gasteiger partial charge on any atom is 0.235 e. The van der Waals surface area contributed by atoms with Gasteiger partial charge in [0.05, 0.1) is 34.1 Å². The van der Waals surface area contributed by atoms with Gasteiger partial charge in [0.1, 0.15) is 22.9 Å². The number of nitrogens with zero attached hydrogens (tertiary/aromatic N) is 2. The van der Waals surface area contributed by atoms with Crippen molar-refractivity contribution in [2.45, 2.75) is 80.3 Å². The van der Waals surface area contributed by atoms with Crippen LogP contribution in [-0.4, -0.2) is 80.8 Å². The summed E-state index contributed by atoms with van der Waals surface area (Å²) in [5.41, 5.74) is 7.72. The van der Waals surface area contributed by atoms with Crippen LogP contribution in [-0.2, 0) is 45.6 Å². The number of halogens is 1. The molecule has 18 nitrogen and oxygen atoms in total. The minimum absolute atomic E-state index is 0.00461. The Hall–Kier alpha value is -4.62. The van der Waals surface area contributed by atoms with Crippen LogP contribution in [0.2, 0.25) is 4.34 Å². The summed E-state index contributed by atoms with van der Waals surface area (Å²) in [5.74, 6) is -2.43. The van der Waals surface area contributed by atoms with Gasteiger partial charge in [-0.1, -0.05) is 84.2 Å². The van der Waals surface area contributed by atoms with E-state index in [4.69, 9.17) is 17.3 Å². The molecule has 2 aromatic heterocycles. The molecule has 2 saturated carbocycles. The molecule has 0 radical (unpaired) electrons. The predicted molar refractivity (Wildman–Crippen MR) is 254 cm³/mol. The standard InChI is InChI=1S/C21H26N4O5S3.C20H23ClN4O5S2/c1-31-20-16(12-22-33(2,29)30)24-21(32-20)25-18(27)11-17(26)23-15-10-6-5-9-14(15)19(28)13-7-3-4-8-13;1-32(29,30)19(22)16-18(21)31-20(25-16)24-15(27)10-14(26)23-13-9-5-4-8-12(13)17(28)11-6-2-3-7-11/h5-6,9-10,13,22H,3-4,7-8,11-12H2,1-2H3,(H,23,26)(H,24,25,27);4-5,8-9,11,19H,2-3,6-7,10,22H2,1H3,(H,23,26)(H,24,25,27). The molecule has 4 aromatic rings. The maximum atomic E-state index is 12.8. The van der Waals surface area contributed by atoms with Crippen LogP contribution in [0.5, 0.6) is 0 Å². The van der Waals surface area contributed by atoms with E-state index < -0.39 is 61.7 Å². The third-order valence-electron chi connectivity index (χ3n) is 10.2. The summed E-state index contributed by atoms with van der Waals surface area (Å²) < 4.78 is 49.0. The number of aromatic nitrogens is 2. The van der Waals surface area contributed by atoms with Crippen molar-refractivity contribution in [3.05, 3.63) is 75.4 Å². The summed E-state index contributed by atoms with van der Waals surface area (Å²) >= 11 is 9.41. The van der Waals surface area contributed by atoms with Gasteiger partial charge in [-0.2, -0.15) is 0 Å². The van der Waals surface area contributed by atoms with Crippen LogP contribution in [0, 0.1) is 11.8 Å². The second-order valence-corrected chi connectivity index (χ2v) is 23.0. The number of carbonyl (C=O) groups is 6. The SMILES string of the molecule is CS(=O)(=O)C(N)c1nc(NC(=O)CC(=O)Nc2ccccc2C(=O)C2CCCC2)sc1Cl.CSc1sc(NC(=O)CC(=O)Nc2ccccc2C(=O)C2CCCC2)nc1CNS(C)(=O)=O. The van der Waals surface area contributed by atoms with Crippen molar-refractivity contribution in [2.24, 2.45) is 17.6 Å². The molecular formula is C41H49ClN8O10S5. The first kappa shape index (κ1) is 51.4. The van der Waals surface area contributed by atoms with Gasteiger partial charge in [0.25, 0.3) is 0 Å². The fraction of sp³-hybridized carbons (Fsp3) is 0.415. The average molecular weight is 1010 g/mol. The van der Waals surface area contributed by atoms with Crippen LogP contribution in [0.3, 0.4) is 0 Å². The van der Waals surface area contributed by atoms with Gasteiger partial charge in [0.15, 0.2) is 37.0 Å². The van der Waals surface area contributed by atoms with Crippen molar-refractivity contribution in [3.8, 4) is 0 Å². The van der Waals surface area contributed by atoms with E-state index in [1.165, 1.54) is 23.1 Å². The van der Waals surface area contributed by atoms with E-state index >= 15 is 0 Å². The number of para-hydroxylation sites is 2. The number of nitrogens with one attached hydrogen (secondary N) is 5. The normalized spacial score (nSPS) is 14.8. The van der Waals surface area contributed by atoms with Gasteiger partial charge >= 0.3 is 0 Å². The van der Waals surface area contributed by atoms with Crippen molar-refractivity contribution >= 4 is 123 Å². The van der Waals surface area contributed by atoms with Gasteiger partial charge in [0, 0.05) is 29.2 Å². The molecule has 0 bridgehead atoms. The fourth-order valence-corrected chi connectivity index (χ4v) is 10.9. The number of hydrogen-bond acceptors (Lipinski definition) is 16. The highest BCUT2D eigenvalue weighted by Gasteiger charge is 2.29. The van der Waals surface area contributed by atoms with E-state index in [2.05, 4.69) is 36.0 Å². The molecule has 0 aliphatic heterocycles. The molecule has 2 aromatic carbocycles. The lowest BCUT2D eigenvalue weighted by Crippen LogP contribution is -2.23. The smallest absolute Gasteiger partial charge is 0.235 e. The molecule has 2 heterocycles. The van der Waals surface area contributed by atoms with E-state index in [0.29, 0.717) is 28.2 Å². The Balaban J connectivity index is 0.000000244. The molecule has 0 spiro atoms. The lowest BCUT2D eigenvalue weighted by molar-refractivity contribution is -0.125. The van der Waals surface area contributed by atoms with Gasteiger partial charge in [0.2, 0.25) is 33.7 Å². The summed E-state index contributed by atoms with van der Waals surface area (Å²) in [5, 5.41) is 9.18. The quantitative estimate of drug-likeness (QED) is 0.0358. The van der Waals surface area contributed by atoms with Gasteiger partial charge < -0.3 is 27.0 Å². The monoisotopic (exact) mass is 1010 g/mol. The number of nitrogens with two attached hydrogens (primary N) is 1. The summed E-state index contributed by atoms with van der Waals surface area (Å²) in [6.45, 7) is 0.00761. The molecule has 24 heteroatoms. The van der Waals surface area contributed by atoms with Crippen LogP contribution in [0.25, 0.3) is 0 Å². The first-order chi connectivity index (χ1) is 30.7. The lowest BCUT2D eigenvalue weighted by Gasteiger charge is -2.13. The number of amides is 4. The minimum atomic E-state index is -3.63. The topological polar surface area (TPSA) is 283 Å². The number of ketones is 2. The van der Waals surface area contributed by atoms with Crippen molar-refractivity contribution in [1.82, 2.24) is 14.7 Å². The highest BCUT2D eigenvalue weighted by atomic mass is 35.5. The third kappa shape index (κ3) is 15.2. The first-order valence-corrected chi connectivity index (χ1v) is 27.4. The number of Topliss-reactive ketones (excluding diaryl/α,β-unsaturated/α-hetero) is 2. The lowest BCUT2D eigenvalue weighted by atomic mass is 9.95. The Morgan fingerprint density at radius 3 is 1.57 bits per heavy atom. The molecule has 2 aliphatic carbocycles. The number of anilines is 4. The Morgan fingerprint density at radius 2 is 1.14 bits per heavy atom. The Morgan fingerprint density at radius 1 is 0.708 bits per heavy atom. The van der Waals surface area contributed by atoms with Crippen molar-refractivity contribution in [3.63, 3.8) is 0 Å². The van der Waals surface area contributed by atoms with Crippen LogP contribution >= 0.6 is 46.0 Å². The zero-order chi connectivity index (χ0) is 47.5. The summed E-state index contributed by atoms with van der Waals surface area (Å²) in [7, 11) is -7.01. The number of sulfonamides is 1. The molecule has 1 atom stereocenters. The molecule has 350 valence electrons. The maximum absolute atomic E-state index is 12.8. The number of hydrogen-bond donors (Lipinski definition) is 6. The first-order valence-electron chi connectivity index (χ1n) is 20.3. The van der Waals surface area contributed by atoms with Crippen LogP contribution in [0.1, 0.15) is 102 Å². The van der Waals surface area contributed by atoms with Gasteiger partial charge in [-0.15, -0.1) is 11.8 Å². The predicted octanol–water partition coefficient (Wildman–Crippen LogP) is 6.39. The van der Waals surface area contributed by atoms with Gasteiger partial charge in [-0.3, -0.25) is 28.8 Å². The fourth-order valence-electron chi connectivity index (χ4n) is 7.04. The second kappa shape index (κ2) is 23.2. The molecule has 7 N–H and O–H groups in total. The Bertz CT molecular complexity index is 2640. The molecule has 2 fully saturated rings. The van der Waals surface area contributed by atoms with Gasteiger partial charge in [-0.25, -0.2) is 31.5 Å². The highest BCUT2D eigenvalue weighted by molar-refractivity contribution is 8.00. The van der Waals surface area contributed by atoms with E-state index in [0.717, 1.165) is 79.4 Å². The van der Waals surface area contributed by atoms with Crippen LogP contribution in [0.4, 0.5) is 21.6 Å². The second-order valence-electron chi connectivity index (χ2n) is 15.3. The van der Waals surface area contributed by atoms with Crippen LogP contribution in [0.15, 0.2) is 52.7 Å². The molecule has 4 amide bonds. The third-order valence-corrected chi connectivity index (χ3v) is 15.4. The zero-order valence-electron chi connectivity index (χ0n) is 35.6. The number of carbonyl (C=O) groups excluding carboxylic acids is 6. The van der Waals surface area contributed by atoms with E-state index in [1.807, 2.05) is 6.26 Å². The average Bonchev–Trinajstić information content (AvgIpc) is 4.08. The zero-order valence-corrected chi connectivity index (χ0v) is 40.4. The minimum Gasteiger partial charge on any atom is -0.325 e. The number of benzene rings is 2. The molecule has 0 saturated heterocycles. The Kier molecular flexibility index (Phi) is 18.3. The number of thiazole rings is 2. The Labute approximate surface area is 394 Å². The molecule has 65 heavy (non-hydrogen) atoms. The molecule has 1 unspecified atom stereocenters. The van der Waals surface area contributed by atoms with Crippen molar-refractivity contribution in [2.75, 3.05) is 40.0 Å². The van der Waals surface area contributed by atoms with Crippen molar-refractivity contribution in [1.29, 1.82) is 0 Å². The number of thioether (sulfide) groups is 1. The molecule has 2 aliphatic rings. The van der Waals surface area contributed by atoms with Crippen molar-refractivity contribution < 1.29 is 45.6 Å². The molecular weight excluding hydrogens is 960 g/mol. The summed E-state index contributed by atoms with van der Waals surface area (Å²) in [4.78, 5) is 83.3. The number of rotatable bonds is 18. The van der Waals surface area contributed by atoms with E-state index in [-0.39, 0.29) is 50.2 Å². The summed E-state index contributed by atoms with van der Waals surface area (Å²) in [6.07, 6.45) is 10.3. The molecule has 6 rings (SSSR count).